The number of nitrogens with zero attached hydrogens (tertiary/aromatic N) is 2. The van der Waals surface area contributed by atoms with Gasteiger partial charge in [-0.15, -0.1) is 0 Å². The minimum atomic E-state index is 0.139. The van der Waals surface area contributed by atoms with Crippen molar-refractivity contribution in [2.45, 2.75) is 26.7 Å². The van der Waals surface area contributed by atoms with Crippen molar-refractivity contribution in [2.75, 3.05) is 39.3 Å². The van der Waals surface area contributed by atoms with Crippen LogP contribution in [0, 0.1) is 17.8 Å². The fraction of sp³-hybridized carbons (Fsp3) is 0.929. The van der Waals surface area contributed by atoms with Crippen LogP contribution in [-0.4, -0.2) is 60.1 Å². The molecule has 4 heteroatoms. The zero-order chi connectivity index (χ0) is 13.1. The molecule has 2 saturated heterocycles. The molecule has 0 bridgehead atoms. The maximum atomic E-state index is 11.7. The first-order chi connectivity index (χ1) is 8.58. The number of likely N-dealkylation sites (tertiary alicyclic amines) is 2. The van der Waals surface area contributed by atoms with Gasteiger partial charge in [0, 0.05) is 51.7 Å². The number of hydrogen-bond donors (Lipinski definition) is 1. The third-order valence-corrected chi connectivity index (χ3v) is 4.18. The average Bonchev–Trinajstić information content (AvgIpc) is 2.66. The lowest BCUT2D eigenvalue weighted by atomic mass is 9.92. The molecule has 3 atom stereocenters. The van der Waals surface area contributed by atoms with Crippen molar-refractivity contribution in [1.82, 2.24) is 9.80 Å². The van der Waals surface area contributed by atoms with Crippen LogP contribution in [0.25, 0.3) is 0 Å². The summed E-state index contributed by atoms with van der Waals surface area (Å²) in [5.41, 5.74) is 0. The second kappa shape index (κ2) is 6.02. The highest BCUT2D eigenvalue weighted by Gasteiger charge is 2.29. The van der Waals surface area contributed by atoms with E-state index in [1.807, 2.05) is 4.90 Å². The summed E-state index contributed by atoms with van der Waals surface area (Å²) in [6.45, 7) is 9.64. The average molecular weight is 254 g/mol. The zero-order valence-corrected chi connectivity index (χ0v) is 11.6. The first-order valence-corrected chi connectivity index (χ1v) is 7.19. The first-order valence-electron chi connectivity index (χ1n) is 7.19. The Kier molecular flexibility index (Phi) is 4.62. The van der Waals surface area contributed by atoms with Gasteiger partial charge in [0.25, 0.3) is 0 Å². The number of aliphatic hydroxyl groups excluding tert-OH is 1. The SMILES string of the molecule is CC1CC(C)CN(CCN2CC(CO)CC2=O)C1. The van der Waals surface area contributed by atoms with Gasteiger partial charge >= 0.3 is 0 Å². The van der Waals surface area contributed by atoms with Crippen molar-refractivity contribution in [3.05, 3.63) is 0 Å². The Labute approximate surface area is 110 Å². The summed E-state index contributed by atoms with van der Waals surface area (Å²) >= 11 is 0. The summed E-state index contributed by atoms with van der Waals surface area (Å²) in [4.78, 5) is 16.1. The van der Waals surface area contributed by atoms with Gasteiger partial charge in [-0.25, -0.2) is 0 Å². The Morgan fingerprint density at radius 2 is 1.83 bits per heavy atom. The van der Waals surface area contributed by atoms with Crippen LogP contribution in [0.15, 0.2) is 0 Å². The molecule has 2 heterocycles. The van der Waals surface area contributed by atoms with Gasteiger partial charge in [0.15, 0.2) is 0 Å². The molecule has 0 spiro atoms. The molecule has 1 N–H and O–H groups in total. The number of aliphatic hydroxyl groups is 1. The van der Waals surface area contributed by atoms with Crippen LogP contribution in [0.4, 0.5) is 0 Å². The van der Waals surface area contributed by atoms with Crippen molar-refractivity contribution in [2.24, 2.45) is 17.8 Å². The molecule has 0 saturated carbocycles. The molecule has 2 rings (SSSR count). The zero-order valence-electron chi connectivity index (χ0n) is 11.6. The summed E-state index contributed by atoms with van der Waals surface area (Å²) in [7, 11) is 0. The Morgan fingerprint density at radius 1 is 1.17 bits per heavy atom. The third kappa shape index (κ3) is 3.45. The largest absolute Gasteiger partial charge is 0.396 e. The van der Waals surface area contributed by atoms with E-state index in [1.165, 1.54) is 6.42 Å². The molecule has 0 radical (unpaired) electrons. The summed E-state index contributed by atoms with van der Waals surface area (Å²) in [6.07, 6.45) is 1.86. The predicted molar refractivity (Wildman–Crippen MR) is 71.2 cm³/mol. The molecule has 2 fully saturated rings. The standard InChI is InChI=1S/C14H26N2O2/c1-11-5-12(2)8-15(7-11)3-4-16-9-13(10-17)6-14(16)18/h11-13,17H,3-10H2,1-2H3. The maximum Gasteiger partial charge on any atom is 0.223 e. The molecule has 4 nitrogen and oxygen atoms in total. The van der Waals surface area contributed by atoms with Gasteiger partial charge in [0.05, 0.1) is 0 Å². The van der Waals surface area contributed by atoms with Gasteiger partial charge < -0.3 is 14.9 Å². The van der Waals surface area contributed by atoms with E-state index in [9.17, 15) is 4.79 Å². The molecule has 0 aromatic heterocycles. The van der Waals surface area contributed by atoms with E-state index in [1.54, 1.807) is 0 Å². The van der Waals surface area contributed by atoms with Crippen LogP contribution in [0.1, 0.15) is 26.7 Å². The molecular weight excluding hydrogens is 228 g/mol. The van der Waals surface area contributed by atoms with E-state index >= 15 is 0 Å². The highest BCUT2D eigenvalue weighted by atomic mass is 16.3. The van der Waals surface area contributed by atoms with Gasteiger partial charge in [0.2, 0.25) is 5.91 Å². The second-order valence-corrected chi connectivity index (χ2v) is 6.30. The van der Waals surface area contributed by atoms with Crippen LogP contribution in [0.5, 0.6) is 0 Å². The van der Waals surface area contributed by atoms with Gasteiger partial charge in [-0.2, -0.15) is 0 Å². The van der Waals surface area contributed by atoms with Crippen LogP contribution < -0.4 is 0 Å². The Morgan fingerprint density at radius 3 is 2.39 bits per heavy atom. The quantitative estimate of drug-likeness (QED) is 0.807. The fourth-order valence-corrected chi connectivity index (χ4v) is 3.43. The number of amides is 1. The minimum Gasteiger partial charge on any atom is -0.396 e. The molecule has 2 aliphatic heterocycles. The van der Waals surface area contributed by atoms with Crippen LogP contribution in [0.3, 0.4) is 0 Å². The Hall–Kier alpha value is -0.610. The van der Waals surface area contributed by atoms with Crippen LogP contribution in [0.2, 0.25) is 0 Å². The lowest BCUT2D eigenvalue weighted by molar-refractivity contribution is -0.128. The maximum absolute atomic E-state index is 11.7. The van der Waals surface area contributed by atoms with E-state index in [0.717, 1.165) is 44.6 Å². The van der Waals surface area contributed by atoms with Gasteiger partial charge in [-0.1, -0.05) is 13.8 Å². The number of rotatable bonds is 4. The first kappa shape index (κ1) is 13.8. The lowest BCUT2D eigenvalue weighted by Gasteiger charge is -2.35. The van der Waals surface area contributed by atoms with Gasteiger partial charge in [0.1, 0.15) is 0 Å². The molecular formula is C14H26N2O2. The molecule has 104 valence electrons. The van der Waals surface area contributed by atoms with Crippen molar-refractivity contribution >= 4 is 5.91 Å². The van der Waals surface area contributed by atoms with E-state index in [-0.39, 0.29) is 18.4 Å². The van der Waals surface area contributed by atoms with E-state index in [2.05, 4.69) is 18.7 Å². The molecule has 0 aliphatic carbocycles. The fourth-order valence-electron chi connectivity index (χ4n) is 3.43. The highest BCUT2D eigenvalue weighted by Crippen LogP contribution is 2.21. The van der Waals surface area contributed by atoms with Gasteiger partial charge in [-0.05, 0) is 18.3 Å². The monoisotopic (exact) mass is 254 g/mol. The summed E-state index contributed by atoms with van der Waals surface area (Å²) < 4.78 is 0. The van der Waals surface area contributed by atoms with Crippen molar-refractivity contribution in [3.8, 4) is 0 Å². The van der Waals surface area contributed by atoms with Crippen molar-refractivity contribution in [3.63, 3.8) is 0 Å². The second-order valence-electron chi connectivity index (χ2n) is 6.30. The smallest absolute Gasteiger partial charge is 0.223 e. The van der Waals surface area contributed by atoms with E-state index in [0.29, 0.717) is 6.42 Å². The number of hydrogen-bond acceptors (Lipinski definition) is 3. The normalized spacial score (nSPS) is 34.3. The molecule has 3 unspecified atom stereocenters. The third-order valence-electron chi connectivity index (χ3n) is 4.18. The van der Waals surface area contributed by atoms with E-state index in [4.69, 9.17) is 5.11 Å². The Balaban J connectivity index is 1.76. The number of carbonyl (C=O) groups excluding carboxylic acids is 1. The summed E-state index contributed by atoms with van der Waals surface area (Å²) in [6, 6.07) is 0. The van der Waals surface area contributed by atoms with Crippen LogP contribution >= 0.6 is 0 Å². The highest BCUT2D eigenvalue weighted by molar-refractivity contribution is 5.78. The van der Waals surface area contributed by atoms with Gasteiger partial charge in [-0.3, -0.25) is 4.79 Å². The minimum absolute atomic E-state index is 0.139. The lowest BCUT2D eigenvalue weighted by Crippen LogP contribution is -2.43. The summed E-state index contributed by atoms with van der Waals surface area (Å²) in [5, 5.41) is 9.10. The number of piperidine rings is 1. The topological polar surface area (TPSA) is 43.8 Å². The van der Waals surface area contributed by atoms with Crippen molar-refractivity contribution < 1.29 is 9.90 Å². The summed E-state index contributed by atoms with van der Waals surface area (Å²) in [5.74, 6) is 1.92. The number of carbonyl (C=O) groups is 1. The van der Waals surface area contributed by atoms with Crippen molar-refractivity contribution in [1.29, 1.82) is 0 Å². The Bertz CT molecular complexity index is 286. The molecule has 0 aromatic carbocycles. The molecule has 2 aliphatic rings. The molecule has 1 amide bonds. The predicted octanol–water partition coefficient (Wildman–Crippen LogP) is 0.805. The van der Waals surface area contributed by atoms with E-state index < -0.39 is 0 Å². The molecule has 0 aromatic rings. The molecule has 18 heavy (non-hydrogen) atoms. The van der Waals surface area contributed by atoms with Crippen LogP contribution in [-0.2, 0) is 4.79 Å².